The molecular weight excluding hydrogens is 316 g/mol. The topological polar surface area (TPSA) is 112 Å². The summed E-state index contributed by atoms with van der Waals surface area (Å²) in [6.07, 6.45) is 4.66. The highest BCUT2D eigenvalue weighted by Crippen LogP contribution is 2.39. The first kappa shape index (κ1) is 13.8. The van der Waals surface area contributed by atoms with Crippen molar-refractivity contribution in [3.05, 3.63) is 42.1 Å². The van der Waals surface area contributed by atoms with Crippen molar-refractivity contribution in [2.24, 2.45) is 0 Å². The van der Waals surface area contributed by atoms with Crippen LogP contribution in [-0.4, -0.2) is 18.4 Å². The molecular formula is C15H12N4O3S. The second-order valence-electron chi connectivity index (χ2n) is 5.45. The maximum atomic E-state index is 12.5. The van der Waals surface area contributed by atoms with E-state index >= 15 is 0 Å². The number of aromatic nitrogens is 2. The zero-order chi connectivity index (χ0) is 16.0. The third-order valence-electron chi connectivity index (χ3n) is 3.78. The van der Waals surface area contributed by atoms with Crippen molar-refractivity contribution in [1.82, 2.24) is 9.97 Å². The standard InChI is InChI=1S/C15H12N4O3S/c16-6-10-7-17-14-11(10)2-1-3-12(14)19-23(20,21)13-8-22-15(18-13)9-4-5-9/h1-3,7-9,17,19H,4-5H2. The molecule has 1 aliphatic carbocycles. The second kappa shape index (κ2) is 4.86. The molecule has 0 spiro atoms. The number of hydrogen-bond acceptors (Lipinski definition) is 5. The van der Waals surface area contributed by atoms with Crippen molar-refractivity contribution in [2.45, 2.75) is 23.8 Å². The monoisotopic (exact) mass is 328 g/mol. The molecule has 7 nitrogen and oxygen atoms in total. The summed E-state index contributed by atoms with van der Waals surface area (Å²) in [6.45, 7) is 0. The summed E-state index contributed by atoms with van der Waals surface area (Å²) < 4.78 is 32.7. The first-order chi connectivity index (χ1) is 11.1. The molecule has 0 unspecified atom stereocenters. The molecule has 4 rings (SSSR count). The van der Waals surface area contributed by atoms with Crippen LogP contribution < -0.4 is 4.72 Å². The number of sulfonamides is 1. The van der Waals surface area contributed by atoms with E-state index in [2.05, 4.69) is 20.8 Å². The van der Waals surface area contributed by atoms with Gasteiger partial charge in [0.15, 0.2) is 5.89 Å². The van der Waals surface area contributed by atoms with Crippen molar-refractivity contribution in [2.75, 3.05) is 4.72 Å². The number of benzene rings is 1. The summed E-state index contributed by atoms with van der Waals surface area (Å²) >= 11 is 0. The Balaban J connectivity index is 1.71. The Hall–Kier alpha value is -2.79. The van der Waals surface area contributed by atoms with Crippen molar-refractivity contribution < 1.29 is 12.8 Å². The molecule has 0 amide bonds. The lowest BCUT2D eigenvalue weighted by atomic mass is 10.2. The Kier molecular flexibility index (Phi) is 2.92. The van der Waals surface area contributed by atoms with Crippen LogP contribution in [0.4, 0.5) is 5.69 Å². The largest absolute Gasteiger partial charge is 0.447 e. The van der Waals surface area contributed by atoms with Gasteiger partial charge in [-0.25, -0.2) is 0 Å². The van der Waals surface area contributed by atoms with Crippen LogP contribution in [0.25, 0.3) is 10.9 Å². The first-order valence-electron chi connectivity index (χ1n) is 7.07. The Morgan fingerprint density at radius 1 is 1.39 bits per heavy atom. The van der Waals surface area contributed by atoms with E-state index in [1.165, 1.54) is 0 Å². The van der Waals surface area contributed by atoms with Crippen LogP contribution in [-0.2, 0) is 10.0 Å². The first-order valence-corrected chi connectivity index (χ1v) is 8.55. The van der Waals surface area contributed by atoms with Gasteiger partial charge in [-0.2, -0.15) is 18.7 Å². The van der Waals surface area contributed by atoms with Crippen LogP contribution in [0.1, 0.15) is 30.2 Å². The molecule has 0 bridgehead atoms. The predicted molar refractivity (Wildman–Crippen MR) is 82.3 cm³/mol. The third kappa shape index (κ3) is 2.35. The second-order valence-corrected chi connectivity index (χ2v) is 7.08. The Morgan fingerprint density at radius 2 is 2.22 bits per heavy atom. The van der Waals surface area contributed by atoms with Gasteiger partial charge in [-0.05, 0) is 18.9 Å². The highest BCUT2D eigenvalue weighted by molar-refractivity contribution is 7.92. The van der Waals surface area contributed by atoms with Crippen molar-refractivity contribution in [3.8, 4) is 6.07 Å². The van der Waals surface area contributed by atoms with Crippen LogP contribution in [0.2, 0.25) is 0 Å². The fourth-order valence-corrected chi connectivity index (χ4v) is 3.39. The molecule has 1 aromatic carbocycles. The molecule has 2 aromatic heterocycles. The number of hydrogen-bond donors (Lipinski definition) is 2. The summed E-state index contributed by atoms with van der Waals surface area (Å²) in [6, 6.07) is 7.12. The molecule has 0 aliphatic heterocycles. The van der Waals surface area contributed by atoms with Crippen LogP contribution in [0, 0.1) is 11.3 Å². The summed E-state index contributed by atoms with van der Waals surface area (Å²) in [5.74, 6) is 0.708. The fourth-order valence-electron chi connectivity index (χ4n) is 2.44. The van der Waals surface area contributed by atoms with Gasteiger partial charge in [-0.3, -0.25) is 4.72 Å². The molecule has 23 heavy (non-hydrogen) atoms. The van der Waals surface area contributed by atoms with Gasteiger partial charge >= 0.3 is 0 Å². The lowest BCUT2D eigenvalue weighted by Gasteiger charge is -2.06. The SMILES string of the molecule is N#Cc1c[nH]c2c(NS(=O)(=O)c3coc(C4CC4)n3)cccc12. The van der Waals surface area contributed by atoms with E-state index < -0.39 is 10.0 Å². The maximum Gasteiger partial charge on any atom is 0.282 e. The van der Waals surface area contributed by atoms with Crippen LogP contribution in [0.15, 0.2) is 40.1 Å². The summed E-state index contributed by atoms with van der Waals surface area (Å²) in [5, 5.41) is 9.58. The van der Waals surface area contributed by atoms with E-state index in [4.69, 9.17) is 9.68 Å². The molecule has 1 fully saturated rings. The minimum absolute atomic E-state index is 0.136. The maximum absolute atomic E-state index is 12.5. The number of fused-ring (bicyclic) bond motifs is 1. The van der Waals surface area contributed by atoms with Gasteiger partial charge in [0.25, 0.3) is 10.0 Å². The van der Waals surface area contributed by atoms with Gasteiger partial charge in [0.05, 0.1) is 16.8 Å². The smallest absolute Gasteiger partial charge is 0.282 e. The number of para-hydroxylation sites is 1. The quantitative estimate of drug-likeness (QED) is 0.764. The van der Waals surface area contributed by atoms with E-state index in [1.807, 2.05) is 0 Å². The predicted octanol–water partition coefficient (Wildman–Crippen LogP) is 2.71. The number of nitrogens with zero attached hydrogens (tertiary/aromatic N) is 2. The average Bonchev–Trinajstić information content (AvgIpc) is 3.10. The third-order valence-corrected chi connectivity index (χ3v) is 5.01. The van der Waals surface area contributed by atoms with Gasteiger partial charge in [0.1, 0.15) is 12.3 Å². The van der Waals surface area contributed by atoms with E-state index in [1.54, 1.807) is 24.4 Å². The van der Waals surface area contributed by atoms with Gasteiger partial charge in [0.2, 0.25) is 5.03 Å². The summed E-state index contributed by atoms with van der Waals surface area (Å²) in [7, 11) is -3.84. The molecule has 1 saturated carbocycles. The minimum Gasteiger partial charge on any atom is -0.447 e. The summed E-state index contributed by atoms with van der Waals surface area (Å²) in [5.41, 5.74) is 1.37. The number of oxazole rings is 1. The Bertz CT molecular complexity index is 1040. The van der Waals surface area contributed by atoms with Gasteiger partial charge in [0, 0.05) is 17.5 Å². The normalized spacial score (nSPS) is 14.7. The molecule has 2 N–H and O–H groups in total. The van der Waals surface area contributed by atoms with E-state index in [-0.39, 0.29) is 10.9 Å². The average molecular weight is 328 g/mol. The van der Waals surface area contributed by atoms with E-state index in [9.17, 15) is 8.42 Å². The molecule has 1 aliphatic rings. The van der Waals surface area contributed by atoms with Crippen molar-refractivity contribution in [3.63, 3.8) is 0 Å². The van der Waals surface area contributed by atoms with Crippen LogP contribution in [0.5, 0.6) is 0 Å². The zero-order valence-electron chi connectivity index (χ0n) is 11.9. The lowest BCUT2D eigenvalue weighted by Crippen LogP contribution is -2.13. The molecule has 2 heterocycles. The number of rotatable bonds is 4. The minimum atomic E-state index is -3.84. The highest BCUT2D eigenvalue weighted by atomic mass is 32.2. The van der Waals surface area contributed by atoms with Crippen LogP contribution in [0.3, 0.4) is 0 Å². The van der Waals surface area contributed by atoms with Gasteiger partial charge in [-0.15, -0.1) is 0 Å². The van der Waals surface area contributed by atoms with Gasteiger partial charge in [-0.1, -0.05) is 12.1 Å². The lowest BCUT2D eigenvalue weighted by molar-refractivity contribution is 0.496. The Labute approximate surface area is 132 Å². The Morgan fingerprint density at radius 3 is 2.96 bits per heavy atom. The number of H-pyrrole nitrogens is 1. The molecule has 3 aromatic rings. The van der Waals surface area contributed by atoms with Crippen LogP contribution >= 0.6 is 0 Å². The molecule has 0 atom stereocenters. The van der Waals surface area contributed by atoms with Crippen molar-refractivity contribution in [1.29, 1.82) is 5.26 Å². The number of aromatic amines is 1. The molecule has 0 radical (unpaired) electrons. The molecule has 116 valence electrons. The highest BCUT2D eigenvalue weighted by Gasteiger charge is 2.31. The molecule has 0 saturated heterocycles. The van der Waals surface area contributed by atoms with Crippen molar-refractivity contribution >= 4 is 26.6 Å². The summed E-state index contributed by atoms with van der Waals surface area (Å²) in [4.78, 5) is 6.98. The number of nitriles is 1. The molecule has 8 heteroatoms. The van der Waals surface area contributed by atoms with E-state index in [0.29, 0.717) is 28.0 Å². The number of nitrogens with one attached hydrogen (secondary N) is 2. The van der Waals surface area contributed by atoms with E-state index in [0.717, 1.165) is 19.1 Å². The van der Waals surface area contributed by atoms with Gasteiger partial charge < -0.3 is 9.40 Å². The fraction of sp³-hybridized carbons (Fsp3) is 0.200. The number of anilines is 1. The zero-order valence-corrected chi connectivity index (χ0v) is 12.7.